The third kappa shape index (κ3) is 2.95. The minimum atomic E-state index is 0.417. The highest BCUT2D eigenvalue weighted by Gasteiger charge is 2.50. The van der Waals surface area contributed by atoms with E-state index in [1.165, 1.54) is 29.7 Å². The van der Waals surface area contributed by atoms with Gasteiger partial charge in [-0.25, -0.2) is 0 Å². The molecular weight excluding hydrogens is 218 g/mol. The molecule has 0 saturated heterocycles. The van der Waals surface area contributed by atoms with E-state index in [9.17, 15) is 0 Å². The third-order valence-electron chi connectivity index (χ3n) is 4.24. The predicted octanol–water partition coefficient (Wildman–Crippen LogP) is 3.83. The Hall–Kier alpha value is -0.820. The topological polar surface area (TPSA) is 12.0 Å². The van der Waals surface area contributed by atoms with Crippen molar-refractivity contribution in [1.29, 1.82) is 0 Å². The van der Waals surface area contributed by atoms with Crippen LogP contribution in [-0.2, 0) is 5.41 Å². The molecule has 1 aliphatic rings. The van der Waals surface area contributed by atoms with Gasteiger partial charge in [0.1, 0.15) is 0 Å². The molecule has 1 aromatic rings. The zero-order valence-electron chi connectivity index (χ0n) is 12.5. The van der Waals surface area contributed by atoms with Gasteiger partial charge in [0.2, 0.25) is 0 Å². The van der Waals surface area contributed by atoms with E-state index in [1.54, 1.807) is 0 Å². The average molecular weight is 245 g/mol. The lowest BCUT2D eigenvalue weighted by Crippen LogP contribution is -2.24. The van der Waals surface area contributed by atoms with Crippen LogP contribution >= 0.6 is 0 Å². The standard InChI is InChI=1S/C17H27N/c1-12(2)10-18-11-16-9-17(16,5)15-7-13(3)6-14(4)8-15/h6-8,12,16,18H,9-11H2,1-5H3. The summed E-state index contributed by atoms with van der Waals surface area (Å²) in [5.41, 5.74) is 4.75. The minimum absolute atomic E-state index is 0.417. The fourth-order valence-electron chi connectivity index (χ4n) is 2.95. The Labute approximate surface area is 112 Å². The smallest absolute Gasteiger partial charge is 0.00117 e. The first kappa shape index (κ1) is 13.6. The Kier molecular flexibility index (Phi) is 3.82. The number of hydrogen-bond acceptors (Lipinski definition) is 1. The highest BCUT2D eigenvalue weighted by Crippen LogP contribution is 2.53. The van der Waals surface area contributed by atoms with Gasteiger partial charge >= 0.3 is 0 Å². The van der Waals surface area contributed by atoms with Crippen molar-refractivity contribution in [3.05, 3.63) is 34.9 Å². The third-order valence-corrected chi connectivity index (χ3v) is 4.24. The van der Waals surface area contributed by atoms with E-state index in [0.717, 1.165) is 18.4 Å². The molecule has 1 fully saturated rings. The summed E-state index contributed by atoms with van der Waals surface area (Å²) in [4.78, 5) is 0. The zero-order valence-corrected chi connectivity index (χ0v) is 12.5. The molecule has 2 unspecified atom stereocenters. The van der Waals surface area contributed by atoms with Gasteiger partial charge in [-0.15, -0.1) is 0 Å². The summed E-state index contributed by atoms with van der Waals surface area (Å²) in [5.74, 6) is 1.56. The van der Waals surface area contributed by atoms with Crippen molar-refractivity contribution in [2.45, 2.75) is 46.5 Å². The van der Waals surface area contributed by atoms with Gasteiger partial charge in [-0.05, 0) is 56.2 Å². The zero-order chi connectivity index (χ0) is 13.3. The Morgan fingerprint density at radius 2 is 1.83 bits per heavy atom. The summed E-state index contributed by atoms with van der Waals surface area (Å²) >= 11 is 0. The van der Waals surface area contributed by atoms with Crippen LogP contribution in [0, 0.1) is 25.7 Å². The van der Waals surface area contributed by atoms with E-state index < -0.39 is 0 Å². The van der Waals surface area contributed by atoms with Crippen molar-refractivity contribution in [3.8, 4) is 0 Å². The number of benzene rings is 1. The van der Waals surface area contributed by atoms with Crippen LogP contribution in [0.2, 0.25) is 0 Å². The van der Waals surface area contributed by atoms with Crippen molar-refractivity contribution in [3.63, 3.8) is 0 Å². The van der Waals surface area contributed by atoms with E-state index in [1.807, 2.05) is 0 Å². The lowest BCUT2D eigenvalue weighted by molar-refractivity contribution is 0.515. The van der Waals surface area contributed by atoms with Crippen LogP contribution in [0.25, 0.3) is 0 Å². The fraction of sp³-hybridized carbons (Fsp3) is 0.647. The molecule has 1 nitrogen and oxygen atoms in total. The van der Waals surface area contributed by atoms with Crippen molar-refractivity contribution in [2.24, 2.45) is 11.8 Å². The quantitative estimate of drug-likeness (QED) is 0.831. The van der Waals surface area contributed by atoms with Crippen LogP contribution < -0.4 is 5.32 Å². The summed E-state index contributed by atoms with van der Waals surface area (Å²) in [6.07, 6.45) is 1.33. The molecule has 100 valence electrons. The molecule has 18 heavy (non-hydrogen) atoms. The minimum Gasteiger partial charge on any atom is -0.316 e. The van der Waals surface area contributed by atoms with Crippen molar-refractivity contribution >= 4 is 0 Å². The second kappa shape index (κ2) is 5.05. The van der Waals surface area contributed by atoms with Crippen LogP contribution in [0.4, 0.5) is 0 Å². The van der Waals surface area contributed by atoms with Gasteiger partial charge in [-0.3, -0.25) is 0 Å². The van der Waals surface area contributed by atoms with Crippen molar-refractivity contribution in [1.82, 2.24) is 5.32 Å². The summed E-state index contributed by atoms with van der Waals surface area (Å²) in [7, 11) is 0. The largest absolute Gasteiger partial charge is 0.316 e. The Bertz CT molecular complexity index is 401. The van der Waals surface area contributed by atoms with Crippen LogP contribution in [0.3, 0.4) is 0 Å². The van der Waals surface area contributed by atoms with E-state index in [-0.39, 0.29) is 0 Å². The first-order chi connectivity index (χ1) is 8.41. The molecule has 2 atom stereocenters. The van der Waals surface area contributed by atoms with Gasteiger partial charge in [0.25, 0.3) is 0 Å². The number of aryl methyl sites for hydroxylation is 2. The lowest BCUT2D eigenvalue weighted by Gasteiger charge is -2.15. The summed E-state index contributed by atoms with van der Waals surface area (Å²) in [6, 6.07) is 7.01. The molecule has 2 rings (SSSR count). The molecule has 1 saturated carbocycles. The summed E-state index contributed by atoms with van der Waals surface area (Å²) in [5, 5.41) is 3.60. The molecule has 0 amide bonds. The molecule has 0 aliphatic heterocycles. The maximum absolute atomic E-state index is 3.60. The fourth-order valence-corrected chi connectivity index (χ4v) is 2.95. The van der Waals surface area contributed by atoms with E-state index in [4.69, 9.17) is 0 Å². The Balaban J connectivity index is 1.97. The molecule has 0 aromatic heterocycles. The van der Waals surface area contributed by atoms with Crippen LogP contribution in [-0.4, -0.2) is 13.1 Å². The summed E-state index contributed by atoms with van der Waals surface area (Å²) < 4.78 is 0. The van der Waals surface area contributed by atoms with Crippen molar-refractivity contribution in [2.75, 3.05) is 13.1 Å². The SMILES string of the molecule is Cc1cc(C)cc(C2(C)CC2CNCC(C)C)c1. The maximum atomic E-state index is 3.60. The molecule has 1 N–H and O–H groups in total. The van der Waals surface area contributed by atoms with Crippen LogP contribution in [0.5, 0.6) is 0 Å². The second-order valence-electron chi connectivity index (χ2n) is 6.75. The van der Waals surface area contributed by atoms with Crippen molar-refractivity contribution < 1.29 is 0 Å². The lowest BCUT2D eigenvalue weighted by atomic mass is 9.92. The van der Waals surface area contributed by atoms with Gasteiger partial charge in [0, 0.05) is 0 Å². The molecule has 1 aliphatic carbocycles. The summed E-state index contributed by atoms with van der Waals surface area (Å²) in [6.45, 7) is 13.7. The first-order valence-electron chi connectivity index (χ1n) is 7.21. The van der Waals surface area contributed by atoms with Gasteiger partial charge in [0.05, 0.1) is 0 Å². The molecule has 0 heterocycles. The molecule has 1 heteroatoms. The van der Waals surface area contributed by atoms with Gasteiger partial charge in [-0.2, -0.15) is 0 Å². The molecule has 0 radical (unpaired) electrons. The number of hydrogen-bond donors (Lipinski definition) is 1. The van der Waals surface area contributed by atoms with E-state index >= 15 is 0 Å². The monoisotopic (exact) mass is 245 g/mol. The Morgan fingerprint density at radius 3 is 2.39 bits per heavy atom. The normalized spacial score (nSPS) is 26.7. The number of rotatable bonds is 5. The highest BCUT2D eigenvalue weighted by molar-refractivity contribution is 5.38. The number of nitrogens with one attached hydrogen (secondary N) is 1. The van der Waals surface area contributed by atoms with E-state index in [2.05, 4.69) is 58.1 Å². The van der Waals surface area contributed by atoms with Gasteiger partial charge < -0.3 is 5.32 Å². The Morgan fingerprint density at radius 1 is 1.22 bits per heavy atom. The molecule has 0 bridgehead atoms. The van der Waals surface area contributed by atoms with Gasteiger partial charge in [0.15, 0.2) is 0 Å². The molecular formula is C17H27N. The first-order valence-corrected chi connectivity index (χ1v) is 7.21. The van der Waals surface area contributed by atoms with Crippen LogP contribution in [0.1, 0.15) is 43.9 Å². The highest BCUT2D eigenvalue weighted by atomic mass is 14.9. The maximum Gasteiger partial charge on any atom is -0.00117 e. The molecule has 1 aromatic carbocycles. The van der Waals surface area contributed by atoms with Crippen LogP contribution in [0.15, 0.2) is 18.2 Å². The average Bonchev–Trinajstić information content (AvgIpc) is 2.89. The predicted molar refractivity (Wildman–Crippen MR) is 79.1 cm³/mol. The second-order valence-corrected chi connectivity index (χ2v) is 6.75. The molecule has 0 spiro atoms. The van der Waals surface area contributed by atoms with Gasteiger partial charge in [-0.1, -0.05) is 50.1 Å². The van der Waals surface area contributed by atoms with E-state index in [0.29, 0.717) is 5.41 Å².